The highest BCUT2D eigenvalue weighted by Gasteiger charge is 2.36. The number of nitrogens with two attached hydrogens (primary N) is 1. The van der Waals surface area contributed by atoms with E-state index in [1.54, 1.807) is 13.8 Å². The third kappa shape index (κ3) is 7.68. The summed E-state index contributed by atoms with van der Waals surface area (Å²) in [5, 5.41) is 23.1. The van der Waals surface area contributed by atoms with E-state index in [0.717, 1.165) is 0 Å². The summed E-state index contributed by atoms with van der Waals surface area (Å²) in [4.78, 5) is 60.8. The van der Waals surface area contributed by atoms with E-state index in [4.69, 9.17) is 10.8 Å². The molecule has 3 unspecified atom stereocenters. The highest BCUT2D eigenvalue weighted by atomic mass is 16.4. The van der Waals surface area contributed by atoms with Crippen molar-refractivity contribution in [2.75, 3.05) is 13.1 Å². The van der Waals surface area contributed by atoms with Crippen LogP contribution in [0.25, 0.3) is 0 Å². The standard InChI is InChI=1S/C18H30N4O7/c1-10(2)8-12(18(28)29)21-16(26)11(5-6-15(24)25)20-17(27)13-4-3-7-22(13)14(23)9-19/h10-13H,3-9,19H2,1-2H3,(H,20,27)(H,21,26)(H,24,25)(H,28,29). The molecule has 0 saturated carbocycles. The maximum atomic E-state index is 12.6. The number of carboxylic acids is 2. The highest BCUT2D eigenvalue weighted by molar-refractivity contribution is 5.94. The quantitative estimate of drug-likeness (QED) is 0.283. The molecule has 1 rings (SSSR count). The molecule has 0 spiro atoms. The third-order valence-electron chi connectivity index (χ3n) is 4.65. The zero-order valence-electron chi connectivity index (χ0n) is 16.7. The molecule has 3 atom stereocenters. The van der Waals surface area contributed by atoms with Crippen molar-refractivity contribution in [2.24, 2.45) is 11.7 Å². The van der Waals surface area contributed by atoms with Gasteiger partial charge in [-0.25, -0.2) is 4.79 Å². The predicted molar refractivity (Wildman–Crippen MR) is 102 cm³/mol. The van der Waals surface area contributed by atoms with Crippen molar-refractivity contribution in [1.82, 2.24) is 15.5 Å². The molecule has 1 fully saturated rings. The van der Waals surface area contributed by atoms with Crippen LogP contribution in [-0.2, 0) is 24.0 Å². The van der Waals surface area contributed by atoms with Crippen LogP contribution in [0.15, 0.2) is 0 Å². The van der Waals surface area contributed by atoms with Crippen molar-refractivity contribution in [3.8, 4) is 0 Å². The Labute approximate surface area is 169 Å². The number of amides is 3. The van der Waals surface area contributed by atoms with E-state index >= 15 is 0 Å². The van der Waals surface area contributed by atoms with E-state index in [0.29, 0.717) is 19.4 Å². The van der Waals surface area contributed by atoms with Crippen molar-refractivity contribution in [3.05, 3.63) is 0 Å². The monoisotopic (exact) mass is 414 g/mol. The lowest BCUT2D eigenvalue weighted by molar-refractivity contribution is -0.143. The second-order valence-electron chi connectivity index (χ2n) is 7.47. The minimum Gasteiger partial charge on any atom is -0.481 e. The van der Waals surface area contributed by atoms with Crippen LogP contribution in [0.1, 0.15) is 46.0 Å². The van der Waals surface area contributed by atoms with Crippen molar-refractivity contribution in [3.63, 3.8) is 0 Å². The summed E-state index contributed by atoms with van der Waals surface area (Å²) >= 11 is 0. The van der Waals surface area contributed by atoms with E-state index < -0.39 is 54.2 Å². The molecule has 0 aliphatic carbocycles. The zero-order chi connectivity index (χ0) is 22.1. The van der Waals surface area contributed by atoms with Gasteiger partial charge < -0.3 is 31.5 Å². The van der Waals surface area contributed by atoms with Gasteiger partial charge in [-0.15, -0.1) is 0 Å². The van der Waals surface area contributed by atoms with Gasteiger partial charge in [0.25, 0.3) is 0 Å². The summed E-state index contributed by atoms with van der Waals surface area (Å²) < 4.78 is 0. The number of carboxylic acid groups (broad SMARTS) is 2. The number of aliphatic carboxylic acids is 2. The summed E-state index contributed by atoms with van der Waals surface area (Å²) in [5.74, 6) is -4.14. The Morgan fingerprint density at radius 1 is 1.10 bits per heavy atom. The molecule has 1 heterocycles. The summed E-state index contributed by atoms with van der Waals surface area (Å²) in [6.07, 6.45) is 0.582. The molecule has 0 radical (unpaired) electrons. The predicted octanol–water partition coefficient (Wildman–Crippen LogP) is -1.10. The Kier molecular flexibility index (Phi) is 9.53. The summed E-state index contributed by atoms with van der Waals surface area (Å²) in [6.45, 7) is 3.72. The van der Waals surface area contributed by atoms with Crippen LogP contribution in [0.4, 0.5) is 0 Å². The minimum atomic E-state index is -1.23. The van der Waals surface area contributed by atoms with Gasteiger partial charge >= 0.3 is 11.9 Å². The molecule has 1 saturated heterocycles. The maximum absolute atomic E-state index is 12.6. The fourth-order valence-electron chi connectivity index (χ4n) is 3.22. The van der Waals surface area contributed by atoms with Crippen LogP contribution >= 0.6 is 0 Å². The topological polar surface area (TPSA) is 179 Å². The Bertz CT molecular complexity index is 638. The fraction of sp³-hybridized carbons (Fsp3) is 0.722. The molecule has 0 aromatic carbocycles. The Morgan fingerprint density at radius 2 is 1.76 bits per heavy atom. The van der Waals surface area contributed by atoms with Crippen LogP contribution in [0.3, 0.4) is 0 Å². The minimum absolute atomic E-state index is 0.00205. The molecule has 6 N–H and O–H groups in total. The molecule has 3 amide bonds. The van der Waals surface area contributed by atoms with Gasteiger partial charge in [-0.05, 0) is 31.6 Å². The maximum Gasteiger partial charge on any atom is 0.326 e. The average molecular weight is 414 g/mol. The van der Waals surface area contributed by atoms with E-state index in [2.05, 4.69) is 10.6 Å². The number of carbonyl (C=O) groups excluding carboxylic acids is 3. The van der Waals surface area contributed by atoms with Gasteiger partial charge in [-0.3, -0.25) is 19.2 Å². The summed E-state index contributed by atoms with van der Waals surface area (Å²) in [6, 6.07) is -3.19. The largest absolute Gasteiger partial charge is 0.481 e. The van der Waals surface area contributed by atoms with E-state index in [1.807, 2.05) is 0 Å². The van der Waals surface area contributed by atoms with Gasteiger partial charge in [0.05, 0.1) is 6.54 Å². The average Bonchev–Trinajstić information content (AvgIpc) is 3.12. The molecule has 11 heteroatoms. The van der Waals surface area contributed by atoms with E-state index in [-0.39, 0.29) is 25.3 Å². The van der Waals surface area contributed by atoms with E-state index in [9.17, 15) is 29.1 Å². The molecule has 0 aromatic heterocycles. The number of nitrogens with zero attached hydrogens (tertiary/aromatic N) is 1. The summed E-state index contributed by atoms with van der Waals surface area (Å²) in [5.41, 5.74) is 5.36. The van der Waals surface area contributed by atoms with E-state index in [1.165, 1.54) is 4.90 Å². The van der Waals surface area contributed by atoms with Crippen LogP contribution in [-0.4, -0.2) is 76.0 Å². The molecule has 1 aliphatic heterocycles. The molecule has 0 aromatic rings. The zero-order valence-corrected chi connectivity index (χ0v) is 16.7. The second-order valence-corrected chi connectivity index (χ2v) is 7.47. The Morgan fingerprint density at radius 3 is 2.28 bits per heavy atom. The first-order valence-corrected chi connectivity index (χ1v) is 9.61. The van der Waals surface area contributed by atoms with Crippen LogP contribution in [0, 0.1) is 5.92 Å². The van der Waals surface area contributed by atoms with Gasteiger partial charge in [-0.1, -0.05) is 13.8 Å². The Hall–Kier alpha value is -2.69. The van der Waals surface area contributed by atoms with Crippen LogP contribution < -0.4 is 16.4 Å². The lowest BCUT2D eigenvalue weighted by Gasteiger charge is -2.26. The number of rotatable bonds is 11. The van der Waals surface area contributed by atoms with Crippen molar-refractivity contribution in [1.29, 1.82) is 0 Å². The third-order valence-corrected chi connectivity index (χ3v) is 4.65. The van der Waals surface area contributed by atoms with Gasteiger partial charge in [0.15, 0.2) is 0 Å². The smallest absolute Gasteiger partial charge is 0.326 e. The Balaban J connectivity index is 2.89. The fourth-order valence-corrected chi connectivity index (χ4v) is 3.22. The molecule has 1 aliphatic rings. The molecule has 164 valence electrons. The lowest BCUT2D eigenvalue weighted by atomic mass is 10.0. The number of likely N-dealkylation sites (tertiary alicyclic amines) is 1. The lowest BCUT2D eigenvalue weighted by Crippen LogP contribution is -2.56. The molecule has 29 heavy (non-hydrogen) atoms. The highest BCUT2D eigenvalue weighted by Crippen LogP contribution is 2.18. The van der Waals surface area contributed by atoms with Crippen molar-refractivity contribution < 1.29 is 34.2 Å². The molecular formula is C18H30N4O7. The van der Waals surface area contributed by atoms with Crippen LogP contribution in [0.2, 0.25) is 0 Å². The summed E-state index contributed by atoms with van der Waals surface area (Å²) in [7, 11) is 0. The normalized spacial score (nSPS) is 18.2. The molecule has 0 bridgehead atoms. The first kappa shape index (κ1) is 24.3. The first-order valence-electron chi connectivity index (χ1n) is 9.61. The SMILES string of the molecule is CC(C)CC(NC(=O)C(CCC(=O)O)NC(=O)C1CCCN1C(=O)CN)C(=O)O. The molecular weight excluding hydrogens is 384 g/mol. The molecule has 11 nitrogen and oxygen atoms in total. The number of hydrogen-bond acceptors (Lipinski definition) is 6. The van der Waals surface area contributed by atoms with Crippen molar-refractivity contribution in [2.45, 2.75) is 64.1 Å². The van der Waals surface area contributed by atoms with Crippen molar-refractivity contribution >= 4 is 29.7 Å². The second kappa shape index (κ2) is 11.3. The number of hydrogen-bond donors (Lipinski definition) is 5. The van der Waals surface area contributed by atoms with Gasteiger partial charge in [0, 0.05) is 13.0 Å². The number of nitrogens with one attached hydrogen (secondary N) is 2. The van der Waals surface area contributed by atoms with Gasteiger partial charge in [0.2, 0.25) is 17.7 Å². The van der Waals surface area contributed by atoms with Gasteiger partial charge in [-0.2, -0.15) is 0 Å². The first-order chi connectivity index (χ1) is 13.6. The number of carbonyl (C=O) groups is 5. The van der Waals surface area contributed by atoms with Gasteiger partial charge in [0.1, 0.15) is 18.1 Å². The van der Waals surface area contributed by atoms with Crippen LogP contribution in [0.5, 0.6) is 0 Å².